The van der Waals surface area contributed by atoms with Crippen LogP contribution in [0.1, 0.15) is 37.0 Å². The van der Waals surface area contributed by atoms with E-state index in [0.717, 1.165) is 4.68 Å². The summed E-state index contributed by atoms with van der Waals surface area (Å²) in [5.74, 6) is 0.454. The first-order chi connectivity index (χ1) is 13.7. The Labute approximate surface area is 164 Å². The number of hydrogen-bond donors (Lipinski definition) is 1. The predicted molar refractivity (Wildman–Crippen MR) is 101 cm³/mol. The van der Waals surface area contributed by atoms with E-state index in [1.807, 2.05) is 20.8 Å². The summed E-state index contributed by atoms with van der Waals surface area (Å²) in [6.45, 7) is 4.22. The second-order valence-corrected chi connectivity index (χ2v) is 6.66. The zero-order chi connectivity index (χ0) is 21.2. The third-order valence-corrected chi connectivity index (χ3v) is 3.94. The number of anilines is 1. The van der Waals surface area contributed by atoms with Crippen molar-refractivity contribution in [3.63, 3.8) is 0 Å². The van der Waals surface area contributed by atoms with Crippen LogP contribution in [0.25, 0.3) is 10.9 Å². The predicted octanol–water partition coefficient (Wildman–Crippen LogP) is 3.99. The highest BCUT2D eigenvalue weighted by atomic mass is 19.4. The number of nitrogens with zero attached hydrogens (tertiary/aromatic N) is 4. The molecule has 1 N–H and O–H groups in total. The molecule has 0 fully saturated rings. The third kappa shape index (κ3) is 5.01. The Bertz CT molecular complexity index is 1010. The normalized spacial score (nSPS) is 11.8. The van der Waals surface area contributed by atoms with Gasteiger partial charge in [-0.1, -0.05) is 6.92 Å². The van der Waals surface area contributed by atoms with Gasteiger partial charge in [0.2, 0.25) is 0 Å². The topological polar surface area (TPSA) is 81.9 Å². The van der Waals surface area contributed by atoms with Gasteiger partial charge in [-0.2, -0.15) is 18.3 Å². The second kappa shape index (κ2) is 8.06. The van der Waals surface area contributed by atoms with Gasteiger partial charge >= 0.3 is 6.18 Å². The fourth-order valence-corrected chi connectivity index (χ4v) is 2.72. The maximum absolute atomic E-state index is 13.0. The van der Waals surface area contributed by atoms with Crippen LogP contribution in [0.4, 0.5) is 19.0 Å². The van der Waals surface area contributed by atoms with E-state index < -0.39 is 18.6 Å². The minimum atomic E-state index is -4.47. The largest absolute Gasteiger partial charge is 0.491 e. The number of alkyl halides is 3. The van der Waals surface area contributed by atoms with Gasteiger partial charge in [-0.25, -0.2) is 9.97 Å². The molecule has 0 aliphatic carbocycles. The van der Waals surface area contributed by atoms with Crippen LogP contribution in [0.15, 0.2) is 30.6 Å². The summed E-state index contributed by atoms with van der Waals surface area (Å²) >= 11 is 0. The smallest absolute Gasteiger partial charge is 0.408 e. The Morgan fingerprint density at radius 3 is 2.52 bits per heavy atom. The minimum absolute atomic E-state index is 0.0184. The number of carbonyl (C=O) groups excluding carboxylic acids is 1. The molecule has 7 nitrogen and oxygen atoms in total. The zero-order valence-electron chi connectivity index (χ0n) is 16.1. The average Bonchev–Trinajstić information content (AvgIpc) is 2.96. The number of benzene rings is 1. The molecule has 1 aromatic carbocycles. The number of hydrogen-bond acceptors (Lipinski definition) is 5. The molecule has 0 saturated heterocycles. The van der Waals surface area contributed by atoms with E-state index in [2.05, 4.69) is 20.4 Å². The van der Waals surface area contributed by atoms with Crippen molar-refractivity contribution < 1.29 is 22.7 Å². The highest BCUT2D eigenvalue weighted by Crippen LogP contribution is 2.30. The summed E-state index contributed by atoms with van der Waals surface area (Å²) in [5.41, 5.74) is 0.383. The van der Waals surface area contributed by atoms with Crippen molar-refractivity contribution in [3.05, 3.63) is 42.0 Å². The minimum Gasteiger partial charge on any atom is -0.491 e. The van der Waals surface area contributed by atoms with E-state index in [1.165, 1.54) is 18.5 Å². The number of amides is 1. The number of ether oxygens (including phenoxy) is 1. The van der Waals surface area contributed by atoms with Gasteiger partial charge in [0.15, 0.2) is 5.82 Å². The monoisotopic (exact) mass is 407 g/mol. The van der Waals surface area contributed by atoms with Crippen molar-refractivity contribution in [2.75, 3.05) is 5.32 Å². The zero-order valence-corrected chi connectivity index (χ0v) is 16.1. The molecular formula is C19H20F3N5O2. The number of aryl methyl sites for hydroxylation is 1. The number of carbonyl (C=O) groups is 1. The van der Waals surface area contributed by atoms with Gasteiger partial charge in [-0.15, -0.1) is 0 Å². The molecule has 29 heavy (non-hydrogen) atoms. The average molecular weight is 407 g/mol. The van der Waals surface area contributed by atoms with E-state index >= 15 is 0 Å². The molecule has 0 unspecified atom stereocenters. The van der Waals surface area contributed by atoms with Gasteiger partial charge in [-0.05, 0) is 26.0 Å². The first-order valence-corrected chi connectivity index (χ1v) is 9.02. The Morgan fingerprint density at radius 2 is 1.93 bits per heavy atom. The molecule has 0 radical (unpaired) electrons. The molecule has 0 spiro atoms. The summed E-state index contributed by atoms with van der Waals surface area (Å²) in [5, 5.41) is 6.87. The maximum atomic E-state index is 13.0. The van der Waals surface area contributed by atoms with Gasteiger partial charge in [0.1, 0.15) is 18.1 Å². The van der Waals surface area contributed by atoms with E-state index in [-0.39, 0.29) is 23.0 Å². The van der Waals surface area contributed by atoms with E-state index in [1.54, 1.807) is 12.1 Å². The van der Waals surface area contributed by atoms with Crippen molar-refractivity contribution in [2.45, 2.75) is 46.0 Å². The summed E-state index contributed by atoms with van der Waals surface area (Å²) in [6.07, 6.45) is -1.26. The van der Waals surface area contributed by atoms with Gasteiger partial charge in [0, 0.05) is 30.3 Å². The Morgan fingerprint density at radius 1 is 1.24 bits per heavy atom. The summed E-state index contributed by atoms with van der Waals surface area (Å²) in [6, 6.07) is 4.67. The summed E-state index contributed by atoms with van der Waals surface area (Å²) < 4.78 is 45.3. The fraction of sp³-hybridized carbons (Fsp3) is 0.368. The first kappa shape index (κ1) is 20.6. The lowest BCUT2D eigenvalue weighted by molar-refractivity contribution is -0.141. The molecule has 2 aromatic heterocycles. The van der Waals surface area contributed by atoms with E-state index in [0.29, 0.717) is 23.4 Å². The van der Waals surface area contributed by atoms with Gasteiger partial charge < -0.3 is 10.1 Å². The molecule has 154 valence electrons. The Hall–Kier alpha value is -3.17. The van der Waals surface area contributed by atoms with Crippen LogP contribution in [0.3, 0.4) is 0 Å². The van der Waals surface area contributed by atoms with Crippen molar-refractivity contribution >= 4 is 22.6 Å². The number of nitrogens with one attached hydrogen (secondary N) is 1. The van der Waals surface area contributed by atoms with Gasteiger partial charge in [-0.3, -0.25) is 9.48 Å². The fourth-order valence-electron chi connectivity index (χ4n) is 2.72. The first-order valence-electron chi connectivity index (χ1n) is 9.02. The Balaban J connectivity index is 1.96. The van der Waals surface area contributed by atoms with Crippen LogP contribution < -0.4 is 10.1 Å². The second-order valence-electron chi connectivity index (χ2n) is 6.66. The third-order valence-electron chi connectivity index (χ3n) is 3.94. The number of halogens is 3. The Kier molecular flexibility index (Phi) is 5.71. The molecule has 0 atom stereocenters. The molecule has 0 bridgehead atoms. The molecule has 2 heterocycles. The van der Waals surface area contributed by atoms with Crippen LogP contribution in [-0.2, 0) is 13.0 Å². The molecule has 1 amide bonds. The lowest BCUT2D eigenvalue weighted by Gasteiger charge is -2.11. The van der Waals surface area contributed by atoms with Crippen LogP contribution >= 0.6 is 0 Å². The van der Waals surface area contributed by atoms with E-state index in [4.69, 9.17) is 4.74 Å². The molecule has 3 aromatic rings. The standard InChI is InChI=1S/C19H20F3N5O2/c1-4-16-23-8-12(9-24-16)18(28)25-17-14-6-5-13(29-11(2)3)7-15(14)27(26-17)10-19(20,21)22/h5-9,11H,4,10H2,1-3H3,(H,25,26,28). The van der Waals surface area contributed by atoms with Gasteiger partial charge in [0.25, 0.3) is 5.91 Å². The maximum Gasteiger partial charge on any atom is 0.408 e. The quantitative estimate of drug-likeness (QED) is 0.668. The summed E-state index contributed by atoms with van der Waals surface area (Å²) in [4.78, 5) is 20.6. The molecule has 10 heteroatoms. The molecule has 0 aliphatic heterocycles. The highest BCUT2D eigenvalue weighted by molar-refractivity contribution is 6.07. The van der Waals surface area contributed by atoms with Crippen LogP contribution in [0.2, 0.25) is 0 Å². The molecule has 3 rings (SSSR count). The SMILES string of the molecule is CCc1ncc(C(=O)Nc2nn(CC(F)(F)F)c3cc(OC(C)C)ccc23)cn1. The van der Waals surface area contributed by atoms with Crippen LogP contribution in [0.5, 0.6) is 5.75 Å². The molecule has 0 saturated carbocycles. The number of fused-ring (bicyclic) bond motifs is 1. The van der Waals surface area contributed by atoms with Crippen LogP contribution in [0, 0.1) is 0 Å². The summed E-state index contributed by atoms with van der Waals surface area (Å²) in [7, 11) is 0. The van der Waals surface area contributed by atoms with Crippen molar-refractivity contribution in [3.8, 4) is 5.75 Å². The van der Waals surface area contributed by atoms with Crippen molar-refractivity contribution in [1.82, 2.24) is 19.7 Å². The van der Waals surface area contributed by atoms with Crippen LogP contribution in [-0.4, -0.2) is 37.9 Å². The highest BCUT2D eigenvalue weighted by Gasteiger charge is 2.30. The lowest BCUT2D eigenvalue weighted by Crippen LogP contribution is -2.19. The van der Waals surface area contributed by atoms with Crippen molar-refractivity contribution in [1.29, 1.82) is 0 Å². The van der Waals surface area contributed by atoms with E-state index in [9.17, 15) is 18.0 Å². The number of aromatic nitrogens is 4. The lowest BCUT2D eigenvalue weighted by atomic mass is 10.2. The molecule has 0 aliphatic rings. The number of rotatable bonds is 6. The molecular weight excluding hydrogens is 387 g/mol. The van der Waals surface area contributed by atoms with Crippen molar-refractivity contribution in [2.24, 2.45) is 0 Å². The van der Waals surface area contributed by atoms with Gasteiger partial charge in [0.05, 0.1) is 17.2 Å².